The molecule has 0 aliphatic carbocycles. The standard InChI is InChI=1S/C29H22FN3O6S2/c1-37-20-9-4-17(5-10-20)24-23(25(34)18-6-11-21-22(14-18)39-13-12-38-21)26(35)27(36)33(24)28-31-32-29(41-28)40-15-16-2-7-19(30)8-3-16/h2-11,14,24,34H,12-13,15H2,1H3/b25-23+/t24-/m0/s1. The van der Waals surface area contributed by atoms with Crippen LogP contribution in [0.2, 0.25) is 0 Å². The molecule has 0 unspecified atom stereocenters. The molecule has 3 heterocycles. The first kappa shape index (κ1) is 26.8. The Morgan fingerprint density at radius 1 is 1.05 bits per heavy atom. The van der Waals surface area contributed by atoms with Crippen LogP contribution >= 0.6 is 23.1 Å². The number of aromatic nitrogens is 2. The quantitative estimate of drug-likeness (QED) is 0.0996. The normalized spacial score (nSPS) is 17.6. The maximum absolute atomic E-state index is 13.5. The number of rotatable bonds is 7. The van der Waals surface area contributed by atoms with E-state index in [9.17, 15) is 19.1 Å². The number of benzene rings is 3. The Morgan fingerprint density at radius 2 is 1.78 bits per heavy atom. The lowest BCUT2D eigenvalue weighted by molar-refractivity contribution is -0.132. The van der Waals surface area contributed by atoms with Gasteiger partial charge in [-0.2, -0.15) is 0 Å². The van der Waals surface area contributed by atoms with Gasteiger partial charge >= 0.3 is 5.91 Å². The van der Waals surface area contributed by atoms with E-state index in [-0.39, 0.29) is 22.3 Å². The van der Waals surface area contributed by atoms with Crippen molar-refractivity contribution in [3.8, 4) is 17.2 Å². The highest BCUT2D eigenvalue weighted by Gasteiger charge is 2.48. The lowest BCUT2D eigenvalue weighted by Crippen LogP contribution is -2.29. The second-order valence-corrected chi connectivity index (χ2v) is 11.2. The average molecular weight is 592 g/mol. The van der Waals surface area contributed by atoms with Gasteiger partial charge in [-0.05, 0) is 53.6 Å². The Hall–Kier alpha value is -4.42. The average Bonchev–Trinajstić information content (AvgIpc) is 3.58. The number of hydrogen-bond acceptors (Lipinski definition) is 10. The molecule has 1 aromatic heterocycles. The second kappa shape index (κ2) is 11.2. The first-order valence-electron chi connectivity index (χ1n) is 12.5. The molecular weight excluding hydrogens is 569 g/mol. The van der Waals surface area contributed by atoms with Crippen LogP contribution in [-0.2, 0) is 15.3 Å². The number of halogens is 1. The third-order valence-corrected chi connectivity index (χ3v) is 8.70. The van der Waals surface area contributed by atoms with Gasteiger partial charge in [0.05, 0.1) is 18.7 Å². The molecule has 0 saturated carbocycles. The number of nitrogens with zero attached hydrogens (tertiary/aromatic N) is 3. The van der Waals surface area contributed by atoms with E-state index in [0.29, 0.717) is 51.7 Å². The van der Waals surface area contributed by atoms with E-state index in [1.54, 1.807) is 54.6 Å². The monoisotopic (exact) mass is 591 g/mol. The predicted molar refractivity (Wildman–Crippen MR) is 151 cm³/mol. The predicted octanol–water partition coefficient (Wildman–Crippen LogP) is 5.38. The zero-order valence-electron chi connectivity index (χ0n) is 21.6. The molecule has 208 valence electrons. The minimum Gasteiger partial charge on any atom is -0.507 e. The highest BCUT2D eigenvalue weighted by atomic mass is 32.2. The van der Waals surface area contributed by atoms with Gasteiger partial charge in [0.25, 0.3) is 5.78 Å². The molecule has 1 amide bonds. The van der Waals surface area contributed by atoms with E-state index >= 15 is 0 Å². The van der Waals surface area contributed by atoms with Gasteiger partial charge in [-0.25, -0.2) is 4.39 Å². The summed E-state index contributed by atoms with van der Waals surface area (Å²) in [5.74, 6) is -0.291. The highest BCUT2D eigenvalue weighted by molar-refractivity contribution is 8.00. The molecule has 4 aromatic rings. The fourth-order valence-corrected chi connectivity index (χ4v) is 6.38. The van der Waals surface area contributed by atoms with Crippen molar-refractivity contribution >= 4 is 45.7 Å². The van der Waals surface area contributed by atoms with Crippen LogP contribution < -0.4 is 19.1 Å². The van der Waals surface area contributed by atoms with Crippen molar-refractivity contribution in [1.82, 2.24) is 10.2 Å². The van der Waals surface area contributed by atoms with Crippen molar-refractivity contribution in [3.63, 3.8) is 0 Å². The van der Waals surface area contributed by atoms with Crippen molar-refractivity contribution in [2.24, 2.45) is 0 Å². The summed E-state index contributed by atoms with van der Waals surface area (Å²) in [5.41, 5.74) is 1.68. The van der Waals surface area contributed by atoms with Gasteiger partial charge in [-0.3, -0.25) is 14.5 Å². The van der Waals surface area contributed by atoms with E-state index in [0.717, 1.165) is 16.9 Å². The largest absolute Gasteiger partial charge is 0.507 e. The summed E-state index contributed by atoms with van der Waals surface area (Å²) in [5, 5.41) is 20.1. The topological polar surface area (TPSA) is 111 Å². The summed E-state index contributed by atoms with van der Waals surface area (Å²) in [4.78, 5) is 28.2. The first-order valence-corrected chi connectivity index (χ1v) is 14.3. The maximum atomic E-state index is 13.5. The van der Waals surface area contributed by atoms with Crippen LogP contribution in [0.15, 0.2) is 76.6 Å². The van der Waals surface area contributed by atoms with Crippen LogP contribution in [0.4, 0.5) is 9.52 Å². The molecule has 0 spiro atoms. The van der Waals surface area contributed by atoms with E-state index < -0.39 is 17.7 Å². The number of fused-ring (bicyclic) bond motifs is 1. The Morgan fingerprint density at radius 3 is 2.51 bits per heavy atom. The second-order valence-electron chi connectivity index (χ2n) is 9.07. The van der Waals surface area contributed by atoms with Crippen LogP contribution in [0.3, 0.4) is 0 Å². The number of thioether (sulfide) groups is 1. The van der Waals surface area contributed by atoms with E-state index in [1.807, 2.05) is 0 Å². The number of carbonyl (C=O) groups is 2. The summed E-state index contributed by atoms with van der Waals surface area (Å²) in [6.45, 7) is 0.763. The number of carbonyl (C=O) groups excluding carboxylic acids is 2. The number of methoxy groups -OCH3 is 1. The van der Waals surface area contributed by atoms with Gasteiger partial charge in [-0.15, -0.1) is 10.2 Å². The van der Waals surface area contributed by atoms with Crippen LogP contribution in [0, 0.1) is 5.82 Å². The van der Waals surface area contributed by atoms with Crippen molar-refractivity contribution < 1.29 is 33.3 Å². The van der Waals surface area contributed by atoms with Crippen molar-refractivity contribution in [2.75, 3.05) is 25.2 Å². The lowest BCUT2D eigenvalue weighted by atomic mass is 9.95. The minimum atomic E-state index is -0.975. The third kappa shape index (κ3) is 5.23. The smallest absolute Gasteiger partial charge is 0.301 e. The van der Waals surface area contributed by atoms with Crippen molar-refractivity contribution in [2.45, 2.75) is 16.1 Å². The molecule has 2 aliphatic heterocycles. The van der Waals surface area contributed by atoms with Crippen LogP contribution in [0.1, 0.15) is 22.7 Å². The summed E-state index contributed by atoms with van der Waals surface area (Å²) >= 11 is 2.52. The molecule has 0 radical (unpaired) electrons. The number of ether oxygens (including phenoxy) is 3. The molecule has 1 fully saturated rings. The van der Waals surface area contributed by atoms with Crippen LogP contribution in [0.25, 0.3) is 5.76 Å². The molecule has 3 aromatic carbocycles. The minimum absolute atomic E-state index is 0.0902. The Labute approximate surface area is 242 Å². The Bertz CT molecular complexity index is 1660. The van der Waals surface area contributed by atoms with E-state index in [4.69, 9.17) is 14.2 Å². The molecule has 12 heteroatoms. The van der Waals surface area contributed by atoms with Gasteiger partial charge < -0.3 is 19.3 Å². The lowest BCUT2D eigenvalue weighted by Gasteiger charge is -2.23. The first-order chi connectivity index (χ1) is 19.9. The summed E-state index contributed by atoms with van der Waals surface area (Å²) in [7, 11) is 1.54. The van der Waals surface area contributed by atoms with Crippen molar-refractivity contribution in [1.29, 1.82) is 0 Å². The van der Waals surface area contributed by atoms with Gasteiger partial charge in [0.15, 0.2) is 15.8 Å². The Kier molecular flexibility index (Phi) is 7.33. The van der Waals surface area contributed by atoms with Crippen LogP contribution in [0.5, 0.6) is 17.2 Å². The molecule has 1 saturated heterocycles. The van der Waals surface area contributed by atoms with Gasteiger partial charge in [0.2, 0.25) is 5.13 Å². The maximum Gasteiger partial charge on any atom is 0.301 e. The number of ketones is 1. The van der Waals surface area contributed by atoms with Gasteiger partial charge in [-0.1, -0.05) is 47.4 Å². The number of Topliss-reactive ketones (excluding diaryl/α,β-unsaturated/α-hetero) is 1. The van der Waals surface area contributed by atoms with Gasteiger partial charge in [0, 0.05) is 11.3 Å². The number of amides is 1. The molecule has 9 nitrogen and oxygen atoms in total. The fourth-order valence-electron chi connectivity index (χ4n) is 4.56. The molecule has 1 N–H and O–H groups in total. The molecule has 2 aliphatic rings. The zero-order chi connectivity index (χ0) is 28.5. The highest BCUT2D eigenvalue weighted by Crippen LogP contribution is 2.45. The zero-order valence-corrected chi connectivity index (χ0v) is 23.2. The molecule has 41 heavy (non-hydrogen) atoms. The number of anilines is 1. The number of aliphatic hydroxyl groups excluding tert-OH is 1. The third-order valence-electron chi connectivity index (χ3n) is 6.57. The summed E-state index contributed by atoms with van der Waals surface area (Å²) in [6, 6.07) is 16.9. The number of aliphatic hydroxyl groups is 1. The summed E-state index contributed by atoms with van der Waals surface area (Å²) in [6.07, 6.45) is 0. The fraction of sp³-hybridized carbons (Fsp3) is 0.172. The molecule has 1 atom stereocenters. The van der Waals surface area contributed by atoms with Crippen molar-refractivity contribution in [3.05, 3.63) is 94.8 Å². The summed E-state index contributed by atoms with van der Waals surface area (Å²) < 4.78 is 30.3. The van der Waals surface area contributed by atoms with E-state index in [2.05, 4.69) is 10.2 Å². The molecular formula is C29H22FN3O6S2. The molecule has 6 rings (SSSR count). The number of hydrogen-bond donors (Lipinski definition) is 1. The Balaban J connectivity index is 1.38. The SMILES string of the molecule is COc1ccc([C@H]2/C(=C(\O)c3ccc4c(c3)OCCO4)C(=O)C(=O)N2c2nnc(SCc3ccc(F)cc3)s2)cc1. The molecule has 0 bridgehead atoms. The van der Waals surface area contributed by atoms with Crippen LogP contribution in [-0.4, -0.2) is 47.3 Å². The van der Waals surface area contributed by atoms with E-state index in [1.165, 1.54) is 35.9 Å². The van der Waals surface area contributed by atoms with Gasteiger partial charge in [0.1, 0.15) is 30.5 Å².